The van der Waals surface area contributed by atoms with Gasteiger partial charge in [-0.3, -0.25) is 0 Å². The first-order chi connectivity index (χ1) is 9.88. The predicted octanol–water partition coefficient (Wildman–Crippen LogP) is 3.82. The van der Waals surface area contributed by atoms with Crippen LogP contribution >= 0.6 is 0 Å². The molecule has 1 unspecified atom stereocenters. The molecule has 3 rings (SSSR count). The van der Waals surface area contributed by atoms with E-state index < -0.39 is 0 Å². The summed E-state index contributed by atoms with van der Waals surface area (Å²) in [5.74, 6) is 1.86. The van der Waals surface area contributed by atoms with Gasteiger partial charge in [-0.15, -0.1) is 0 Å². The van der Waals surface area contributed by atoms with E-state index in [1.54, 1.807) is 0 Å². The Balaban J connectivity index is 1.64. The Hall–Kier alpha value is -1.02. The molecule has 0 spiro atoms. The van der Waals surface area contributed by atoms with Crippen LogP contribution in [0, 0.1) is 16.7 Å². The lowest BCUT2D eigenvalue weighted by Gasteiger charge is -2.19. The normalized spacial score (nSPS) is 23.5. The molecule has 1 atom stereocenters. The van der Waals surface area contributed by atoms with Crippen LogP contribution in [0.4, 0.5) is 0 Å². The summed E-state index contributed by atoms with van der Waals surface area (Å²) in [5.41, 5.74) is 3.75. The van der Waals surface area contributed by atoms with E-state index in [0.717, 1.165) is 31.1 Å². The molecule has 1 saturated carbocycles. The maximum absolute atomic E-state index is 5.59. The third-order valence-corrected chi connectivity index (χ3v) is 6.40. The van der Waals surface area contributed by atoms with Crippen molar-refractivity contribution < 1.29 is 4.74 Å². The minimum atomic E-state index is 0.451. The lowest BCUT2D eigenvalue weighted by molar-refractivity contribution is 0.357. The highest BCUT2D eigenvalue weighted by Crippen LogP contribution is 2.69. The van der Waals surface area contributed by atoms with Crippen molar-refractivity contribution in [3.63, 3.8) is 0 Å². The smallest absolute Gasteiger partial charge is 0.122 e. The van der Waals surface area contributed by atoms with Crippen LogP contribution < -0.4 is 10.1 Å². The lowest BCUT2D eigenvalue weighted by Crippen LogP contribution is -2.30. The maximum Gasteiger partial charge on any atom is 0.122 e. The summed E-state index contributed by atoms with van der Waals surface area (Å²) in [6.07, 6.45) is 3.44. The van der Waals surface area contributed by atoms with Gasteiger partial charge in [0.25, 0.3) is 0 Å². The largest absolute Gasteiger partial charge is 0.493 e. The summed E-state index contributed by atoms with van der Waals surface area (Å²) < 4.78 is 5.59. The van der Waals surface area contributed by atoms with Crippen molar-refractivity contribution in [2.45, 2.75) is 53.0 Å². The molecule has 1 fully saturated rings. The van der Waals surface area contributed by atoms with E-state index in [1.807, 2.05) is 0 Å². The van der Waals surface area contributed by atoms with Crippen molar-refractivity contribution in [3.05, 3.63) is 29.3 Å². The average Bonchev–Trinajstić information content (AvgIpc) is 2.81. The molecule has 1 N–H and O–H groups in total. The zero-order valence-electron chi connectivity index (χ0n) is 14.1. The van der Waals surface area contributed by atoms with Crippen molar-refractivity contribution in [3.8, 4) is 5.75 Å². The number of benzene rings is 1. The van der Waals surface area contributed by atoms with E-state index in [1.165, 1.54) is 17.5 Å². The van der Waals surface area contributed by atoms with Crippen LogP contribution in [0.15, 0.2) is 18.2 Å². The Morgan fingerprint density at radius 2 is 1.95 bits per heavy atom. The molecular weight excluding hydrogens is 258 g/mol. The molecular formula is C19H29NO. The van der Waals surface area contributed by atoms with Gasteiger partial charge in [0, 0.05) is 12.5 Å². The number of hydrogen-bond acceptors (Lipinski definition) is 2. The fourth-order valence-corrected chi connectivity index (χ4v) is 4.45. The summed E-state index contributed by atoms with van der Waals surface area (Å²) in [4.78, 5) is 0. The van der Waals surface area contributed by atoms with Gasteiger partial charge in [0.15, 0.2) is 0 Å². The second kappa shape index (κ2) is 5.01. The van der Waals surface area contributed by atoms with Crippen LogP contribution in [0.25, 0.3) is 0 Å². The molecule has 1 heterocycles. The molecule has 0 radical (unpaired) electrons. The fraction of sp³-hybridized carbons (Fsp3) is 0.684. The second-order valence-corrected chi connectivity index (χ2v) is 7.90. The first kappa shape index (κ1) is 14.9. The van der Waals surface area contributed by atoms with Gasteiger partial charge in [-0.25, -0.2) is 0 Å². The van der Waals surface area contributed by atoms with E-state index >= 15 is 0 Å². The highest BCUT2D eigenvalue weighted by molar-refractivity contribution is 5.39. The zero-order chi connectivity index (χ0) is 15.3. The minimum Gasteiger partial charge on any atom is -0.493 e. The van der Waals surface area contributed by atoms with E-state index in [0.29, 0.717) is 16.9 Å². The third-order valence-electron chi connectivity index (χ3n) is 6.40. The summed E-state index contributed by atoms with van der Waals surface area (Å²) in [5, 5.41) is 3.57. The number of aryl methyl sites for hydroxylation is 1. The lowest BCUT2D eigenvalue weighted by atomic mass is 9.96. The molecule has 1 aromatic rings. The van der Waals surface area contributed by atoms with Crippen LogP contribution in [0.3, 0.4) is 0 Å². The Labute approximate surface area is 129 Å². The molecule has 2 heteroatoms. The Bertz CT molecular complexity index is 518. The number of hydrogen-bond donors (Lipinski definition) is 1. The minimum absolute atomic E-state index is 0.451. The van der Waals surface area contributed by atoms with Crippen molar-refractivity contribution in [1.29, 1.82) is 0 Å². The van der Waals surface area contributed by atoms with Crippen LogP contribution in [-0.4, -0.2) is 19.7 Å². The fourth-order valence-electron chi connectivity index (χ4n) is 4.45. The molecule has 0 amide bonds. The Morgan fingerprint density at radius 1 is 1.24 bits per heavy atom. The van der Waals surface area contributed by atoms with E-state index in [4.69, 9.17) is 4.74 Å². The Morgan fingerprint density at radius 3 is 2.57 bits per heavy atom. The number of fused-ring (bicyclic) bond motifs is 1. The first-order valence-corrected chi connectivity index (χ1v) is 8.30. The van der Waals surface area contributed by atoms with E-state index in [-0.39, 0.29) is 0 Å². The third kappa shape index (κ3) is 2.38. The van der Waals surface area contributed by atoms with Gasteiger partial charge in [-0.2, -0.15) is 0 Å². The van der Waals surface area contributed by atoms with Crippen LogP contribution in [-0.2, 0) is 12.8 Å². The summed E-state index contributed by atoms with van der Waals surface area (Å²) in [7, 11) is 2.12. The first-order valence-electron chi connectivity index (χ1n) is 8.30. The molecule has 116 valence electrons. The van der Waals surface area contributed by atoms with Crippen molar-refractivity contribution in [2.24, 2.45) is 16.7 Å². The molecule has 0 bridgehead atoms. The van der Waals surface area contributed by atoms with E-state index in [9.17, 15) is 0 Å². The molecule has 0 aromatic heterocycles. The summed E-state index contributed by atoms with van der Waals surface area (Å²) in [6, 6.07) is 7.34. The molecule has 1 aliphatic heterocycles. The highest BCUT2D eigenvalue weighted by atomic mass is 16.5. The highest BCUT2D eigenvalue weighted by Gasteiger charge is 2.66. The molecule has 1 aliphatic carbocycles. The predicted molar refractivity (Wildman–Crippen MR) is 87.9 cm³/mol. The topological polar surface area (TPSA) is 21.3 Å². The number of rotatable bonds is 5. The molecule has 2 aliphatic rings. The van der Waals surface area contributed by atoms with Gasteiger partial charge in [0.2, 0.25) is 0 Å². The average molecular weight is 287 g/mol. The Kier molecular flexibility index (Phi) is 3.56. The standard InChI is InChI=1S/C19H29NO/c1-18(2)17(19(18,3)4)15(20-5)8-6-13-7-9-16-14(12-13)10-11-21-16/h7,9,12,15,17,20H,6,8,10-11H2,1-5H3. The van der Waals surface area contributed by atoms with Crippen LogP contribution in [0.5, 0.6) is 5.75 Å². The van der Waals surface area contributed by atoms with Crippen molar-refractivity contribution >= 4 is 0 Å². The summed E-state index contributed by atoms with van der Waals surface area (Å²) >= 11 is 0. The maximum atomic E-state index is 5.59. The number of ether oxygens (including phenoxy) is 1. The van der Waals surface area contributed by atoms with Gasteiger partial charge >= 0.3 is 0 Å². The van der Waals surface area contributed by atoms with Gasteiger partial charge < -0.3 is 10.1 Å². The SMILES string of the molecule is CNC(CCc1ccc2c(c1)CCO2)C1C(C)(C)C1(C)C. The summed E-state index contributed by atoms with van der Waals surface area (Å²) in [6.45, 7) is 10.5. The molecule has 21 heavy (non-hydrogen) atoms. The van der Waals surface area contributed by atoms with E-state index in [2.05, 4.69) is 58.3 Å². The van der Waals surface area contributed by atoms with Crippen molar-refractivity contribution in [1.82, 2.24) is 5.32 Å². The van der Waals surface area contributed by atoms with Crippen molar-refractivity contribution in [2.75, 3.05) is 13.7 Å². The molecule has 1 aromatic carbocycles. The zero-order valence-corrected chi connectivity index (χ0v) is 14.1. The van der Waals surface area contributed by atoms with Crippen LogP contribution in [0.2, 0.25) is 0 Å². The van der Waals surface area contributed by atoms with Gasteiger partial charge in [0.05, 0.1) is 6.61 Å². The van der Waals surface area contributed by atoms with Gasteiger partial charge in [-0.05, 0) is 53.8 Å². The number of nitrogens with one attached hydrogen (secondary N) is 1. The van der Waals surface area contributed by atoms with Crippen LogP contribution in [0.1, 0.15) is 45.2 Å². The monoisotopic (exact) mass is 287 g/mol. The molecule has 0 saturated heterocycles. The second-order valence-electron chi connectivity index (χ2n) is 7.90. The van der Waals surface area contributed by atoms with Gasteiger partial charge in [0.1, 0.15) is 5.75 Å². The van der Waals surface area contributed by atoms with Gasteiger partial charge in [-0.1, -0.05) is 39.8 Å². The molecule has 2 nitrogen and oxygen atoms in total. The quantitative estimate of drug-likeness (QED) is 0.889.